The average molecular weight is 374 g/mol. The summed E-state index contributed by atoms with van der Waals surface area (Å²) in [5.74, 6) is 2.38. The van der Waals surface area contributed by atoms with E-state index in [9.17, 15) is 0 Å². The molecule has 4 rings (SSSR count). The molecule has 27 heavy (non-hydrogen) atoms. The summed E-state index contributed by atoms with van der Waals surface area (Å²) in [5.41, 5.74) is 3.01. The minimum Gasteiger partial charge on any atom is -0.497 e. The Morgan fingerprint density at radius 1 is 0.889 bits per heavy atom. The number of nitrogens with zero attached hydrogens (tertiary/aromatic N) is 4. The van der Waals surface area contributed by atoms with Gasteiger partial charge in [0.15, 0.2) is 11.0 Å². The van der Waals surface area contributed by atoms with Crippen LogP contribution in [0.4, 0.5) is 0 Å². The Morgan fingerprint density at radius 2 is 1.67 bits per heavy atom. The highest BCUT2D eigenvalue weighted by Gasteiger charge is 2.16. The molecular weight excluding hydrogens is 356 g/mol. The van der Waals surface area contributed by atoms with Gasteiger partial charge in [-0.3, -0.25) is 9.55 Å². The van der Waals surface area contributed by atoms with Crippen molar-refractivity contribution in [2.45, 2.75) is 10.9 Å². The van der Waals surface area contributed by atoms with Crippen LogP contribution in [0.1, 0.15) is 5.56 Å². The first kappa shape index (κ1) is 17.3. The zero-order valence-corrected chi connectivity index (χ0v) is 15.6. The third kappa shape index (κ3) is 3.85. The Balaban J connectivity index is 1.67. The van der Waals surface area contributed by atoms with Gasteiger partial charge in [0.05, 0.1) is 7.11 Å². The number of hydrogen-bond acceptors (Lipinski definition) is 5. The van der Waals surface area contributed by atoms with Crippen molar-refractivity contribution in [1.29, 1.82) is 0 Å². The van der Waals surface area contributed by atoms with Crippen LogP contribution in [-0.4, -0.2) is 26.9 Å². The van der Waals surface area contributed by atoms with Crippen LogP contribution in [0.2, 0.25) is 0 Å². The molecule has 0 saturated heterocycles. The third-order valence-corrected chi connectivity index (χ3v) is 5.07. The maximum absolute atomic E-state index is 5.22. The molecule has 0 amide bonds. The molecule has 134 valence electrons. The van der Waals surface area contributed by atoms with Gasteiger partial charge in [-0.2, -0.15) is 0 Å². The summed E-state index contributed by atoms with van der Waals surface area (Å²) >= 11 is 1.64. The molecule has 6 heteroatoms. The van der Waals surface area contributed by atoms with E-state index in [4.69, 9.17) is 4.74 Å². The molecule has 2 heterocycles. The number of methoxy groups -OCH3 is 1. The van der Waals surface area contributed by atoms with E-state index in [1.165, 1.54) is 5.56 Å². The van der Waals surface area contributed by atoms with Gasteiger partial charge >= 0.3 is 0 Å². The van der Waals surface area contributed by atoms with Gasteiger partial charge < -0.3 is 4.74 Å². The fourth-order valence-corrected chi connectivity index (χ4v) is 3.61. The van der Waals surface area contributed by atoms with Gasteiger partial charge in [-0.15, -0.1) is 10.2 Å². The molecule has 0 N–H and O–H groups in total. The molecule has 0 aliphatic heterocycles. The van der Waals surface area contributed by atoms with Crippen molar-refractivity contribution < 1.29 is 4.74 Å². The SMILES string of the molecule is COc1ccc(CSc2nnc(-c3ccccn3)n2-c2ccccc2)cc1. The van der Waals surface area contributed by atoms with Gasteiger partial charge in [0.2, 0.25) is 0 Å². The fourth-order valence-electron chi connectivity index (χ4n) is 2.70. The normalized spacial score (nSPS) is 10.7. The molecule has 0 bridgehead atoms. The largest absolute Gasteiger partial charge is 0.497 e. The standard InChI is InChI=1S/C21H18N4OS/c1-26-18-12-10-16(11-13-18)15-27-21-24-23-20(19-9-5-6-14-22-19)25(21)17-7-3-2-4-8-17/h2-14H,15H2,1H3. The Bertz CT molecular complexity index is 1000. The number of aromatic nitrogens is 4. The smallest absolute Gasteiger partial charge is 0.196 e. The second-order valence-electron chi connectivity index (χ2n) is 5.83. The van der Waals surface area contributed by atoms with Gasteiger partial charge in [0, 0.05) is 17.6 Å². The molecule has 0 saturated carbocycles. The average Bonchev–Trinajstić information content (AvgIpc) is 3.18. The van der Waals surface area contributed by atoms with E-state index in [2.05, 4.69) is 31.9 Å². The highest BCUT2D eigenvalue weighted by Crippen LogP contribution is 2.29. The van der Waals surface area contributed by atoms with E-state index < -0.39 is 0 Å². The number of thioether (sulfide) groups is 1. The molecule has 0 atom stereocenters. The summed E-state index contributed by atoms with van der Waals surface area (Å²) in [7, 11) is 1.67. The summed E-state index contributed by atoms with van der Waals surface area (Å²) < 4.78 is 7.27. The van der Waals surface area contributed by atoms with Gasteiger partial charge in [0.1, 0.15) is 11.4 Å². The molecule has 5 nitrogen and oxygen atoms in total. The fraction of sp³-hybridized carbons (Fsp3) is 0.0952. The molecule has 0 spiro atoms. The summed E-state index contributed by atoms with van der Waals surface area (Å²) in [5, 5.41) is 9.67. The van der Waals surface area contributed by atoms with E-state index in [0.717, 1.165) is 33.9 Å². The second kappa shape index (κ2) is 8.05. The van der Waals surface area contributed by atoms with E-state index in [1.807, 2.05) is 60.7 Å². The molecule has 4 aromatic rings. The molecule has 2 aromatic carbocycles. The first-order valence-electron chi connectivity index (χ1n) is 8.53. The lowest BCUT2D eigenvalue weighted by molar-refractivity contribution is 0.414. The van der Waals surface area contributed by atoms with E-state index >= 15 is 0 Å². The van der Waals surface area contributed by atoms with Crippen molar-refractivity contribution in [3.05, 3.63) is 84.6 Å². The Morgan fingerprint density at radius 3 is 2.37 bits per heavy atom. The number of pyridine rings is 1. The molecule has 0 radical (unpaired) electrons. The zero-order valence-electron chi connectivity index (χ0n) is 14.8. The van der Waals surface area contributed by atoms with Crippen molar-refractivity contribution in [3.63, 3.8) is 0 Å². The van der Waals surface area contributed by atoms with Crippen LogP contribution in [0.15, 0.2) is 84.1 Å². The van der Waals surface area contributed by atoms with E-state index in [0.29, 0.717) is 0 Å². The number of rotatable bonds is 6. The predicted molar refractivity (Wildman–Crippen MR) is 107 cm³/mol. The molecule has 0 fully saturated rings. The molecule has 2 aromatic heterocycles. The molecule has 0 aliphatic carbocycles. The van der Waals surface area contributed by atoms with Gasteiger partial charge in [-0.1, -0.05) is 48.2 Å². The van der Waals surface area contributed by atoms with Crippen molar-refractivity contribution in [2.75, 3.05) is 7.11 Å². The van der Waals surface area contributed by atoms with Crippen molar-refractivity contribution >= 4 is 11.8 Å². The summed E-state index contributed by atoms with van der Waals surface area (Å²) in [6.07, 6.45) is 1.77. The summed E-state index contributed by atoms with van der Waals surface area (Å²) in [6, 6.07) is 24.0. The zero-order chi connectivity index (χ0) is 18.5. The minimum absolute atomic E-state index is 0.735. The molecule has 0 unspecified atom stereocenters. The number of benzene rings is 2. The topological polar surface area (TPSA) is 52.8 Å². The Kier molecular flexibility index (Phi) is 5.16. The number of ether oxygens (including phenoxy) is 1. The lowest BCUT2D eigenvalue weighted by atomic mass is 10.2. The minimum atomic E-state index is 0.735. The monoisotopic (exact) mass is 374 g/mol. The van der Waals surface area contributed by atoms with Crippen molar-refractivity contribution in [1.82, 2.24) is 19.7 Å². The van der Waals surface area contributed by atoms with Gasteiger partial charge in [-0.05, 0) is 42.0 Å². The van der Waals surface area contributed by atoms with Crippen LogP contribution < -0.4 is 4.74 Å². The molecular formula is C21H18N4OS. The Hall–Kier alpha value is -3.12. The van der Waals surface area contributed by atoms with Crippen molar-refractivity contribution in [3.8, 4) is 23.0 Å². The third-order valence-electron chi connectivity index (χ3n) is 4.07. The highest BCUT2D eigenvalue weighted by atomic mass is 32.2. The van der Waals surface area contributed by atoms with Gasteiger partial charge in [0.25, 0.3) is 0 Å². The first-order valence-corrected chi connectivity index (χ1v) is 9.51. The number of hydrogen-bond donors (Lipinski definition) is 0. The predicted octanol–water partition coefficient (Wildman–Crippen LogP) is 4.63. The maximum Gasteiger partial charge on any atom is 0.196 e. The van der Waals surface area contributed by atoms with E-state index in [1.54, 1.807) is 25.1 Å². The van der Waals surface area contributed by atoms with Crippen LogP contribution in [0, 0.1) is 0 Å². The van der Waals surface area contributed by atoms with Gasteiger partial charge in [-0.25, -0.2) is 0 Å². The van der Waals surface area contributed by atoms with E-state index in [-0.39, 0.29) is 0 Å². The lowest BCUT2D eigenvalue weighted by Gasteiger charge is -2.10. The van der Waals surface area contributed by atoms with Crippen LogP contribution >= 0.6 is 11.8 Å². The van der Waals surface area contributed by atoms with Crippen LogP contribution in [0.5, 0.6) is 5.75 Å². The summed E-state index contributed by atoms with van der Waals surface area (Å²) in [4.78, 5) is 4.44. The number of para-hydroxylation sites is 1. The highest BCUT2D eigenvalue weighted by molar-refractivity contribution is 7.98. The van der Waals surface area contributed by atoms with Crippen molar-refractivity contribution in [2.24, 2.45) is 0 Å². The quantitative estimate of drug-likeness (QED) is 0.461. The summed E-state index contributed by atoms with van der Waals surface area (Å²) in [6.45, 7) is 0. The molecule has 0 aliphatic rings. The van der Waals surface area contributed by atoms with Crippen LogP contribution in [0.25, 0.3) is 17.2 Å². The Labute approximate surface area is 162 Å². The van der Waals surface area contributed by atoms with Crippen LogP contribution in [0.3, 0.4) is 0 Å². The first-order chi connectivity index (χ1) is 13.3. The lowest BCUT2D eigenvalue weighted by Crippen LogP contribution is -2.00. The second-order valence-corrected chi connectivity index (χ2v) is 6.77. The maximum atomic E-state index is 5.22. The van der Waals surface area contributed by atoms with Crippen LogP contribution in [-0.2, 0) is 5.75 Å².